The Balaban J connectivity index is 2.24. The van der Waals surface area contributed by atoms with E-state index in [4.69, 9.17) is 10.5 Å². The first-order chi connectivity index (χ1) is 7.61. The van der Waals surface area contributed by atoms with Gasteiger partial charge in [-0.2, -0.15) is 8.78 Å². The highest BCUT2D eigenvalue weighted by Gasteiger charge is 2.35. The van der Waals surface area contributed by atoms with Crippen LogP contribution in [0.5, 0.6) is 11.5 Å². The Kier molecular flexibility index (Phi) is 2.96. The summed E-state index contributed by atoms with van der Waals surface area (Å²) in [4.78, 5) is 0. The topological polar surface area (TPSA) is 44.5 Å². The van der Waals surface area contributed by atoms with Crippen molar-refractivity contribution in [2.75, 3.05) is 7.11 Å². The normalized spacial score (nSPS) is 23.3. The molecule has 2 atom stereocenters. The smallest absolute Gasteiger partial charge is 0.387 e. The van der Waals surface area contributed by atoms with Gasteiger partial charge in [-0.25, -0.2) is 0 Å². The van der Waals surface area contributed by atoms with Gasteiger partial charge in [-0.3, -0.25) is 0 Å². The summed E-state index contributed by atoms with van der Waals surface area (Å²) in [6, 6.07) is 5.16. The fraction of sp³-hybridized carbons (Fsp3) is 0.455. The highest BCUT2D eigenvalue weighted by Crippen LogP contribution is 2.42. The van der Waals surface area contributed by atoms with Crippen LogP contribution in [0.25, 0.3) is 0 Å². The van der Waals surface area contributed by atoms with Gasteiger partial charge < -0.3 is 15.2 Å². The van der Waals surface area contributed by atoms with E-state index >= 15 is 0 Å². The molecule has 5 heteroatoms. The van der Waals surface area contributed by atoms with Gasteiger partial charge in [0.05, 0.1) is 7.11 Å². The quantitative estimate of drug-likeness (QED) is 0.860. The summed E-state index contributed by atoms with van der Waals surface area (Å²) in [7, 11) is 1.41. The Morgan fingerprint density at radius 1 is 1.38 bits per heavy atom. The average molecular weight is 229 g/mol. The summed E-state index contributed by atoms with van der Waals surface area (Å²) in [5.41, 5.74) is 6.62. The summed E-state index contributed by atoms with van der Waals surface area (Å²) in [6.45, 7) is -2.85. The third-order valence-electron chi connectivity index (χ3n) is 2.67. The monoisotopic (exact) mass is 229 g/mol. The molecule has 1 aliphatic rings. The Bertz CT molecular complexity index is 384. The Hall–Kier alpha value is -1.36. The van der Waals surface area contributed by atoms with Gasteiger partial charge in [0, 0.05) is 12.0 Å². The molecule has 0 radical (unpaired) electrons. The molecule has 88 valence electrons. The highest BCUT2D eigenvalue weighted by atomic mass is 19.3. The SMILES string of the molecule is COc1ccc(C2CC2N)cc1OC(F)F. The third kappa shape index (κ3) is 2.24. The standard InChI is InChI=1S/C11H13F2NO2/c1-15-9-3-2-6(7-5-8(7)14)4-10(9)16-11(12)13/h2-4,7-8,11H,5,14H2,1H3. The number of hydrogen-bond donors (Lipinski definition) is 1. The van der Waals surface area contributed by atoms with Gasteiger partial charge in [0.15, 0.2) is 11.5 Å². The van der Waals surface area contributed by atoms with Crippen molar-refractivity contribution in [1.82, 2.24) is 0 Å². The maximum Gasteiger partial charge on any atom is 0.387 e. The summed E-state index contributed by atoms with van der Waals surface area (Å²) in [6.07, 6.45) is 0.889. The van der Waals surface area contributed by atoms with E-state index in [-0.39, 0.29) is 17.7 Å². The van der Waals surface area contributed by atoms with E-state index in [2.05, 4.69) is 4.74 Å². The van der Waals surface area contributed by atoms with Gasteiger partial charge in [0.1, 0.15) is 0 Å². The van der Waals surface area contributed by atoms with Gasteiger partial charge in [-0.15, -0.1) is 0 Å². The molecule has 0 saturated heterocycles. The minimum atomic E-state index is -2.85. The van der Waals surface area contributed by atoms with Gasteiger partial charge >= 0.3 is 6.61 Å². The molecule has 16 heavy (non-hydrogen) atoms. The Morgan fingerprint density at radius 2 is 2.06 bits per heavy atom. The van der Waals surface area contributed by atoms with Gasteiger partial charge in [0.2, 0.25) is 0 Å². The van der Waals surface area contributed by atoms with Crippen molar-refractivity contribution >= 4 is 0 Å². The van der Waals surface area contributed by atoms with E-state index < -0.39 is 6.61 Å². The molecule has 0 spiro atoms. The van der Waals surface area contributed by atoms with E-state index in [0.29, 0.717) is 5.75 Å². The maximum atomic E-state index is 12.2. The zero-order valence-electron chi connectivity index (χ0n) is 8.82. The first kappa shape index (κ1) is 11.1. The summed E-state index contributed by atoms with van der Waals surface area (Å²) < 4.78 is 33.6. The predicted octanol–water partition coefficient (Wildman–Crippen LogP) is 2.11. The average Bonchev–Trinajstić information content (AvgIpc) is 2.94. The lowest BCUT2D eigenvalue weighted by Crippen LogP contribution is -2.05. The molecule has 1 saturated carbocycles. The van der Waals surface area contributed by atoms with E-state index in [1.54, 1.807) is 12.1 Å². The number of alkyl halides is 2. The van der Waals surface area contributed by atoms with Crippen LogP contribution in [0.1, 0.15) is 17.9 Å². The number of hydrogen-bond acceptors (Lipinski definition) is 3. The van der Waals surface area contributed by atoms with Crippen LogP contribution in [-0.4, -0.2) is 19.8 Å². The van der Waals surface area contributed by atoms with Crippen LogP contribution in [0.3, 0.4) is 0 Å². The fourth-order valence-electron chi connectivity index (χ4n) is 1.71. The highest BCUT2D eigenvalue weighted by molar-refractivity contribution is 5.45. The molecule has 1 fully saturated rings. The zero-order valence-corrected chi connectivity index (χ0v) is 8.82. The van der Waals surface area contributed by atoms with Gasteiger partial charge in [-0.1, -0.05) is 6.07 Å². The summed E-state index contributed by atoms with van der Waals surface area (Å²) in [5, 5.41) is 0. The second-order valence-electron chi connectivity index (χ2n) is 3.79. The first-order valence-electron chi connectivity index (χ1n) is 5.00. The second kappa shape index (κ2) is 4.25. The minimum absolute atomic E-state index is 0.0640. The number of rotatable bonds is 4. The van der Waals surface area contributed by atoms with E-state index in [1.807, 2.05) is 6.07 Å². The van der Waals surface area contributed by atoms with Crippen molar-refractivity contribution < 1.29 is 18.3 Å². The van der Waals surface area contributed by atoms with Crippen LogP contribution in [0.2, 0.25) is 0 Å². The molecule has 2 N–H and O–H groups in total. The van der Waals surface area contributed by atoms with Crippen LogP contribution in [0.4, 0.5) is 8.78 Å². The molecule has 0 heterocycles. The summed E-state index contributed by atoms with van der Waals surface area (Å²) in [5.74, 6) is 0.623. The number of ether oxygens (including phenoxy) is 2. The third-order valence-corrected chi connectivity index (χ3v) is 2.67. The van der Waals surface area contributed by atoms with Crippen molar-refractivity contribution in [1.29, 1.82) is 0 Å². The molecule has 3 nitrogen and oxygen atoms in total. The Labute approximate surface area is 92.1 Å². The van der Waals surface area contributed by atoms with Crippen LogP contribution in [0, 0.1) is 0 Å². The molecule has 0 aliphatic heterocycles. The molecule has 0 aromatic heterocycles. The molecule has 1 aromatic rings. The van der Waals surface area contributed by atoms with E-state index in [9.17, 15) is 8.78 Å². The van der Waals surface area contributed by atoms with Gasteiger partial charge in [-0.05, 0) is 24.1 Å². The van der Waals surface area contributed by atoms with Crippen LogP contribution in [0.15, 0.2) is 18.2 Å². The second-order valence-corrected chi connectivity index (χ2v) is 3.79. The van der Waals surface area contributed by atoms with E-state index in [1.165, 1.54) is 7.11 Å². The molecular weight excluding hydrogens is 216 g/mol. The molecule has 1 aromatic carbocycles. The molecule has 0 amide bonds. The van der Waals surface area contributed by atoms with Crippen LogP contribution in [-0.2, 0) is 0 Å². The number of halogens is 2. The zero-order chi connectivity index (χ0) is 11.7. The number of methoxy groups -OCH3 is 1. The van der Waals surface area contributed by atoms with Crippen LogP contribution < -0.4 is 15.2 Å². The van der Waals surface area contributed by atoms with Gasteiger partial charge in [0.25, 0.3) is 0 Å². The number of benzene rings is 1. The van der Waals surface area contributed by atoms with Crippen molar-refractivity contribution in [3.8, 4) is 11.5 Å². The molecule has 2 rings (SSSR count). The molecule has 1 aliphatic carbocycles. The fourth-order valence-corrected chi connectivity index (χ4v) is 1.71. The van der Waals surface area contributed by atoms with Crippen molar-refractivity contribution in [3.63, 3.8) is 0 Å². The minimum Gasteiger partial charge on any atom is -0.493 e. The largest absolute Gasteiger partial charge is 0.493 e. The lowest BCUT2D eigenvalue weighted by atomic mass is 10.1. The Morgan fingerprint density at radius 3 is 2.56 bits per heavy atom. The molecule has 0 bridgehead atoms. The van der Waals surface area contributed by atoms with Crippen molar-refractivity contribution in [2.24, 2.45) is 5.73 Å². The van der Waals surface area contributed by atoms with Crippen LogP contribution >= 0.6 is 0 Å². The molecular formula is C11H13F2NO2. The number of nitrogens with two attached hydrogens (primary N) is 1. The first-order valence-corrected chi connectivity index (χ1v) is 5.00. The lowest BCUT2D eigenvalue weighted by molar-refractivity contribution is -0.0512. The maximum absolute atomic E-state index is 12.2. The van der Waals surface area contributed by atoms with Crippen molar-refractivity contribution in [3.05, 3.63) is 23.8 Å². The van der Waals surface area contributed by atoms with E-state index in [0.717, 1.165) is 12.0 Å². The summed E-state index contributed by atoms with van der Waals surface area (Å²) >= 11 is 0. The predicted molar refractivity (Wildman–Crippen MR) is 55.0 cm³/mol. The lowest BCUT2D eigenvalue weighted by Gasteiger charge is -2.11. The van der Waals surface area contributed by atoms with Crippen molar-refractivity contribution in [2.45, 2.75) is 25.0 Å². The molecule has 2 unspecified atom stereocenters.